The molecule has 16 heavy (non-hydrogen) atoms. The molecule has 1 atom stereocenters. The highest BCUT2D eigenvalue weighted by atomic mass is 79.9. The van der Waals surface area contributed by atoms with Crippen molar-refractivity contribution in [3.8, 4) is 0 Å². The minimum atomic E-state index is -0.575. The molecule has 1 saturated heterocycles. The van der Waals surface area contributed by atoms with Crippen molar-refractivity contribution in [3.05, 3.63) is 22.2 Å². The maximum Gasteiger partial charge on any atom is 0.250 e. The van der Waals surface area contributed by atoms with E-state index in [-0.39, 0.29) is 5.91 Å². The van der Waals surface area contributed by atoms with Crippen LogP contribution in [0.25, 0.3) is 0 Å². The van der Waals surface area contributed by atoms with Gasteiger partial charge in [0.1, 0.15) is 0 Å². The number of fused-ring (bicyclic) bond motifs is 1. The summed E-state index contributed by atoms with van der Waals surface area (Å²) in [5.74, 6) is 0.427. The summed E-state index contributed by atoms with van der Waals surface area (Å²) in [5.41, 5.74) is 0.335. The Hall–Kier alpha value is -0.610. The van der Waals surface area contributed by atoms with E-state index in [2.05, 4.69) is 15.9 Å². The fourth-order valence-corrected chi connectivity index (χ4v) is 2.99. The number of likely N-dealkylation sites (tertiary alicyclic amines) is 1. The lowest BCUT2D eigenvalue weighted by Crippen LogP contribution is -2.35. The summed E-state index contributed by atoms with van der Waals surface area (Å²) in [5, 5.41) is 9.86. The van der Waals surface area contributed by atoms with Crippen molar-refractivity contribution in [1.82, 2.24) is 4.90 Å². The van der Waals surface area contributed by atoms with Gasteiger partial charge in [-0.3, -0.25) is 4.79 Å². The minimum Gasteiger partial charge on any atom is -0.388 e. The largest absolute Gasteiger partial charge is 0.388 e. The maximum absolute atomic E-state index is 12.1. The number of aliphatic hydroxyl groups is 1. The SMILES string of the molecule is O=C1C2=CC=C(Br)CC2CN1CC1(O)CC1. The molecule has 0 aromatic heterocycles. The van der Waals surface area contributed by atoms with Gasteiger partial charge in [-0.15, -0.1) is 0 Å². The van der Waals surface area contributed by atoms with E-state index in [4.69, 9.17) is 0 Å². The molecule has 1 heterocycles. The van der Waals surface area contributed by atoms with Gasteiger partial charge in [0.25, 0.3) is 0 Å². The van der Waals surface area contributed by atoms with Gasteiger partial charge in [-0.2, -0.15) is 0 Å². The van der Waals surface area contributed by atoms with E-state index in [0.717, 1.165) is 35.9 Å². The summed E-state index contributed by atoms with van der Waals surface area (Å²) in [6.45, 7) is 1.27. The molecule has 86 valence electrons. The number of carbonyl (C=O) groups excluding carboxylic acids is 1. The Balaban J connectivity index is 1.76. The number of hydrogen-bond acceptors (Lipinski definition) is 2. The van der Waals surface area contributed by atoms with Gasteiger partial charge in [0.15, 0.2) is 0 Å². The lowest BCUT2D eigenvalue weighted by molar-refractivity contribution is -0.126. The van der Waals surface area contributed by atoms with Crippen LogP contribution >= 0.6 is 15.9 Å². The zero-order valence-electron chi connectivity index (χ0n) is 8.95. The van der Waals surface area contributed by atoms with Gasteiger partial charge in [0.05, 0.1) is 5.60 Å². The van der Waals surface area contributed by atoms with Gasteiger partial charge in [-0.05, 0) is 23.7 Å². The van der Waals surface area contributed by atoms with Gasteiger partial charge in [-0.1, -0.05) is 28.1 Å². The molecule has 2 fully saturated rings. The number of rotatable bonds is 2. The Kier molecular flexibility index (Phi) is 2.27. The molecule has 1 saturated carbocycles. The first-order valence-electron chi connectivity index (χ1n) is 5.65. The van der Waals surface area contributed by atoms with E-state index in [1.807, 2.05) is 17.1 Å². The van der Waals surface area contributed by atoms with Crippen LogP contribution in [0.4, 0.5) is 0 Å². The lowest BCUT2D eigenvalue weighted by Gasteiger charge is -2.19. The van der Waals surface area contributed by atoms with Crippen molar-refractivity contribution >= 4 is 21.8 Å². The Morgan fingerprint density at radius 3 is 2.94 bits per heavy atom. The number of amides is 1. The Morgan fingerprint density at radius 2 is 2.25 bits per heavy atom. The van der Waals surface area contributed by atoms with Gasteiger partial charge >= 0.3 is 0 Å². The predicted molar refractivity (Wildman–Crippen MR) is 64.0 cm³/mol. The summed E-state index contributed by atoms with van der Waals surface area (Å²) in [6, 6.07) is 0. The standard InChI is InChI=1S/C12H14BrNO2/c13-9-1-2-10-8(5-9)6-14(11(10)15)7-12(16)3-4-12/h1-2,8,16H,3-7H2. The Bertz CT molecular complexity index is 409. The molecule has 0 radical (unpaired) electrons. The molecule has 1 aliphatic heterocycles. The summed E-state index contributed by atoms with van der Waals surface area (Å²) in [6.07, 6.45) is 6.45. The lowest BCUT2D eigenvalue weighted by atomic mass is 9.94. The van der Waals surface area contributed by atoms with Gasteiger partial charge in [0, 0.05) is 24.6 Å². The van der Waals surface area contributed by atoms with Crippen molar-refractivity contribution in [2.24, 2.45) is 5.92 Å². The molecule has 2 aliphatic carbocycles. The molecular formula is C12H14BrNO2. The quantitative estimate of drug-likeness (QED) is 0.836. The van der Waals surface area contributed by atoms with Gasteiger partial charge in [-0.25, -0.2) is 0 Å². The van der Waals surface area contributed by atoms with E-state index >= 15 is 0 Å². The molecule has 3 aliphatic rings. The molecule has 1 amide bonds. The number of halogens is 1. The zero-order valence-corrected chi connectivity index (χ0v) is 10.5. The summed E-state index contributed by atoms with van der Waals surface area (Å²) in [7, 11) is 0. The van der Waals surface area contributed by atoms with Crippen LogP contribution in [0.2, 0.25) is 0 Å². The molecule has 1 N–H and O–H groups in total. The average molecular weight is 284 g/mol. The number of carbonyl (C=O) groups is 1. The van der Waals surface area contributed by atoms with Crippen LogP contribution in [0.3, 0.4) is 0 Å². The maximum atomic E-state index is 12.1. The molecule has 1 unspecified atom stereocenters. The second kappa shape index (κ2) is 3.44. The minimum absolute atomic E-state index is 0.113. The zero-order chi connectivity index (χ0) is 11.3. The third-order valence-corrected chi connectivity index (χ3v) is 4.20. The normalized spacial score (nSPS) is 31.0. The van der Waals surface area contributed by atoms with Crippen LogP contribution < -0.4 is 0 Å². The summed E-state index contributed by atoms with van der Waals surface area (Å²) >= 11 is 3.48. The number of β-amino-alcohol motifs (C(OH)–C–C–N with tert-alkyl or cyclic N) is 1. The second-order valence-corrected chi connectivity index (χ2v) is 6.07. The van der Waals surface area contributed by atoms with Crippen LogP contribution in [0.5, 0.6) is 0 Å². The molecule has 0 bridgehead atoms. The number of allylic oxidation sites excluding steroid dienone is 3. The summed E-state index contributed by atoms with van der Waals surface area (Å²) in [4.78, 5) is 13.9. The topological polar surface area (TPSA) is 40.5 Å². The fraction of sp³-hybridized carbons (Fsp3) is 0.583. The smallest absolute Gasteiger partial charge is 0.250 e. The van der Waals surface area contributed by atoms with E-state index < -0.39 is 5.60 Å². The van der Waals surface area contributed by atoms with Gasteiger partial charge < -0.3 is 10.0 Å². The second-order valence-electron chi connectivity index (χ2n) is 5.05. The van der Waals surface area contributed by atoms with Crippen molar-refractivity contribution in [2.75, 3.05) is 13.1 Å². The number of hydrogen-bond donors (Lipinski definition) is 1. The van der Waals surface area contributed by atoms with Crippen LogP contribution in [-0.4, -0.2) is 34.6 Å². The van der Waals surface area contributed by atoms with Crippen molar-refractivity contribution in [1.29, 1.82) is 0 Å². The van der Waals surface area contributed by atoms with Crippen LogP contribution in [0, 0.1) is 5.92 Å². The first kappa shape index (κ1) is 10.5. The third-order valence-electron chi connectivity index (χ3n) is 3.61. The average Bonchev–Trinajstić information content (AvgIpc) is 2.87. The van der Waals surface area contributed by atoms with E-state index in [1.54, 1.807) is 0 Å². The summed E-state index contributed by atoms with van der Waals surface area (Å²) < 4.78 is 1.15. The first-order valence-corrected chi connectivity index (χ1v) is 6.45. The van der Waals surface area contributed by atoms with Crippen LogP contribution in [0.15, 0.2) is 22.2 Å². The van der Waals surface area contributed by atoms with E-state index in [9.17, 15) is 9.90 Å². The Morgan fingerprint density at radius 1 is 1.50 bits per heavy atom. The monoisotopic (exact) mass is 283 g/mol. The van der Waals surface area contributed by atoms with Crippen molar-refractivity contribution in [2.45, 2.75) is 24.9 Å². The molecule has 0 aromatic rings. The third kappa shape index (κ3) is 1.74. The molecule has 0 spiro atoms. The molecular weight excluding hydrogens is 270 g/mol. The highest BCUT2D eigenvalue weighted by Gasteiger charge is 2.46. The number of nitrogens with zero attached hydrogens (tertiary/aromatic N) is 1. The van der Waals surface area contributed by atoms with Crippen molar-refractivity contribution in [3.63, 3.8) is 0 Å². The van der Waals surface area contributed by atoms with Crippen LogP contribution in [-0.2, 0) is 4.79 Å². The predicted octanol–water partition coefficient (Wildman–Crippen LogP) is 1.58. The van der Waals surface area contributed by atoms with Gasteiger partial charge in [0.2, 0.25) is 5.91 Å². The first-order chi connectivity index (χ1) is 7.57. The van der Waals surface area contributed by atoms with Crippen LogP contribution in [0.1, 0.15) is 19.3 Å². The molecule has 4 heteroatoms. The Labute approximate surface area is 103 Å². The molecule has 0 aromatic carbocycles. The highest BCUT2D eigenvalue weighted by Crippen LogP contribution is 2.40. The van der Waals surface area contributed by atoms with Crippen molar-refractivity contribution < 1.29 is 9.90 Å². The molecule has 3 nitrogen and oxygen atoms in total. The van der Waals surface area contributed by atoms with E-state index in [0.29, 0.717) is 12.5 Å². The van der Waals surface area contributed by atoms with E-state index in [1.165, 1.54) is 0 Å². The fourth-order valence-electron chi connectivity index (χ4n) is 2.46. The highest BCUT2D eigenvalue weighted by molar-refractivity contribution is 9.11. The molecule has 3 rings (SSSR count).